The fourth-order valence-corrected chi connectivity index (χ4v) is 2.92. The van der Waals surface area contributed by atoms with Crippen LogP contribution in [0.15, 0.2) is 28.7 Å². The van der Waals surface area contributed by atoms with Gasteiger partial charge in [0, 0.05) is 12.6 Å². The number of para-hydroxylation sites is 2. The van der Waals surface area contributed by atoms with Crippen molar-refractivity contribution in [2.75, 3.05) is 18.1 Å². The van der Waals surface area contributed by atoms with Gasteiger partial charge in [-0.3, -0.25) is 0 Å². The first-order valence-corrected chi connectivity index (χ1v) is 7.11. The molecule has 0 atom stereocenters. The molecule has 0 unspecified atom stereocenters. The Morgan fingerprint density at radius 2 is 2.00 bits per heavy atom. The van der Waals surface area contributed by atoms with Crippen LogP contribution in [0.3, 0.4) is 0 Å². The molecule has 3 rings (SSSR count). The third-order valence-electron chi connectivity index (χ3n) is 3.88. The highest BCUT2D eigenvalue weighted by Gasteiger charge is 2.24. The number of oxazole rings is 1. The Bertz CT molecular complexity index is 499. The second-order valence-corrected chi connectivity index (χ2v) is 5.17. The van der Waals surface area contributed by atoms with Crippen LogP contribution in [-0.4, -0.2) is 29.3 Å². The number of aliphatic hydroxyl groups excluding tert-OH is 1. The van der Waals surface area contributed by atoms with Crippen LogP contribution in [-0.2, 0) is 0 Å². The van der Waals surface area contributed by atoms with Gasteiger partial charge in [0.05, 0.1) is 6.61 Å². The summed E-state index contributed by atoms with van der Waals surface area (Å²) in [5, 5.41) is 9.29. The van der Waals surface area contributed by atoms with E-state index in [1.165, 1.54) is 32.1 Å². The molecule has 0 amide bonds. The van der Waals surface area contributed by atoms with Crippen molar-refractivity contribution in [1.82, 2.24) is 4.98 Å². The molecule has 4 nitrogen and oxygen atoms in total. The van der Waals surface area contributed by atoms with Gasteiger partial charge < -0.3 is 14.4 Å². The Hall–Kier alpha value is -1.55. The Balaban J connectivity index is 1.89. The van der Waals surface area contributed by atoms with Crippen LogP contribution in [0.5, 0.6) is 0 Å². The number of benzene rings is 1. The molecule has 19 heavy (non-hydrogen) atoms. The summed E-state index contributed by atoms with van der Waals surface area (Å²) < 4.78 is 5.84. The van der Waals surface area contributed by atoms with E-state index in [0.717, 1.165) is 11.1 Å². The minimum atomic E-state index is 0.134. The molecule has 1 N–H and O–H groups in total. The number of hydrogen-bond acceptors (Lipinski definition) is 4. The molecule has 2 aromatic rings. The van der Waals surface area contributed by atoms with Crippen molar-refractivity contribution in [3.63, 3.8) is 0 Å². The van der Waals surface area contributed by atoms with Gasteiger partial charge in [0.25, 0.3) is 6.01 Å². The first-order chi connectivity index (χ1) is 9.38. The lowest BCUT2D eigenvalue weighted by Crippen LogP contribution is -2.39. The summed E-state index contributed by atoms with van der Waals surface area (Å²) in [5.74, 6) is 0. The second-order valence-electron chi connectivity index (χ2n) is 5.17. The largest absolute Gasteiger partial charge is 0.423 e. The molecule has 102 valence electrons. The molecule has 0 saturated heterocycles. The number of rotatable bonds is 4. The zero-order valence-electron chi connectivity index (χ0n) is 11.1. The summed E-state index contributed by atoms with van der Waals surface area (Å²) in [4.78, 5) is 6.69. The van der Waals surface area contributed by atoms with Gasteiger partial charge in [-0.05, 0) is 25.0 Å². The summed E-state index contributed by atoms with van der Waals surface area (Å²) in [6.07, 6.45) is 6.16. The number of aromatic nitrogens is 1. The van der Waals surface area contributed by atoms with Gasteiger partial charge in [0.2, 0.25) is 0 Å². The van der Waals surface area contributed by atoms with Crippen molar-refractivity contribution in [2.45, 2.75) is 38.1 Å². The van der Waals surface area contributed by atoms with E-state index in [4.69, 9.17) is 4.42 Å². The Kier molecular flexibility index (Phi) is 3.69. The minimum absolute atomic E-state index is 0.134. The molecule has 1 aromatic heterocycles. The molecule has 1 heterocycles. The van der Waals surface area contributed by atoms with Crippen molar-refractivity contribution in [1.29, 1.82) is 0 Å². The molecule has 0 aliphatic heterocycles. The topological polar surface area (TPSA) is 49.5 Å². The lowest BCUT2D eigenvalue weighted by Gasteiger charge is -2.32. The van der Waals surface area contributed by atoms with Crippen LogP contribution in [0, 0.1) is 0 Å². The second kappa shape index (κ2) is 5.61. The van der Waals surface area contributed by atoms with E-state index in [9.17, 15) is 5.11 Å². The fourth-order valence-electron chi connectivity index (χ4n) is 2.92. The van der Waals surface area contributed by atoms with Crippen molar-refractivity contribution in [2.24, 2.45) is 0 Å². The van der Waals surface area contributed by atoms with E-state index in [1.807, 2.05) is 24.3 Å². The molecule has 0 bridgehead atoms. The van der Waals surface area contributed by atoms with Crippen LogP contribution in [0.4, 0.5) is 6.01 Å². The van der Waals surface area contributed by atoms with E-state index in [2.05, 4.69) is 9.88 Å². The van der Waals surface area contributed by atoms with Gasteiger partial charge >= 0.3 is 0 Å². The lowest BCUT2D eigenvalue weighted by atomic mass is 9.94. The summed E-state index contributed by atoms with van der Waals surface area (Å²) in [5.41, 5.74) is 1.70. The normalized spacial score (nSPS) is 16.9. The van der Waals surface area contributed by atoms with Gasteiger partial charge in [-0.25, -0.2) is 0 Å². The summed E-state index contributed by atoms with van der Waals surface area (Å²) >= 11 is 0. The highest BCUT2D eigenvalue weighted by molar-refractivity contribution is 5.74. The molecule has 1 aliphatic carbocycles. The highest BCUT2D eigenvalue weighted by atomic mass is 16.4. The van der Waals surface area contributed by atoms with Gasteiger partial charge in [0.1, 0.15) is 5.52 Å². The maximum atomic E-state index is 9.29. The number of hydrogen-bond donors (Lipinski definition) is 1. The van der Waals surface area contributed by atoms with Crippen LogP contribution < -0.4 is 4.90 Å². The molecular weight excluding hydrogens is 240 g/mol. The molecule has 0 spiro atoms. The van der Waals surface area contributed by atoms with E-state index in [-0.39, 0.29) is 6.61 Å². The number of fused-ring (bicyclic) bond motifs is 1. The zero-order valence-corrected chi connectivity index (χ0v) is 11.1. The number of aliphatic hydroxyl groups is 1. The van der Waals surface area contributed by atoms with Crippen molar-refractivity contribution >= 4 is 17.1 Å². The molecule has 4 heteroatoms. The number of anilines is 1. The van der Waals surface area contributed by atoms with Crippen LogP contribution in [0.2, 0.25) is 0 Å². The predicted octanol–water partition coefficient (Wildman–Crippen LogP) is 2.96. The van der Waals surface area contributed by atoms with Crippen molar-refractivity contribution in [3.05, 3.63) is 24.3 Å². The molecule has 1 fully saturated rings. The summed E-state index contributed by atoms with van der Waals surface area (Å²) in [6, 6.07) is 8.92. The molecule has 0 radical (unpaired) electrons. The van der Waals surface area contributed by atoms with Gasteiger partial charge in [-0.1, -0.05) is 31.4 Å². The van der Waals surface area contributed by atoms with Crippen LogP contribution in [0.25, 0.3) is 11.1 Å². The molecule has 1 saturated carbocycles. The van der Waals surface area contributed by atoms with Gasteiger partial charge in [0.15, 0.2) is 5.58 Å². The molecule has 1 aromatic carbocycles. The first-order valence-electron chi connectivity index (χ1n) is 7.11. The van der Waals surface area contributed by atoms with E-state index in [0.29, 0.717) is 18.6 Å². The monoisotopic (exact) mass is 260 g/mol. The quantitative estimate of drug-likeness (QED) is 0.918. The standard InChI is InChI=1S/C15H20N2O2/c18-11-10-17(12-6-2-1-3-7-12)15-16-13-8-4-5-9-14(13)19-15/h4-5,8-9,12,18H,1-3,6-7,10-11H2. The zero-order chi connectivity index (χ0) is 13.1. The maximum absolute atomic E-state index is 9.29. The van der Waals surface area contributed by atoms with Gasteiger partial charge in [-0.15, -0.1) is 0 Å². The van der Waals surface area contributed by atoms with E-state index >= 15 is 0 Å². The summed E-state index contributed by atoms with van der Waals surface area (Å²) in [7, 11) is 0. The number of nitrogens with zero attached hydrogens (tertiary/aromatic N) is 2. The van der Waals surface area contributed by atoms with Crippen LogP contribution >= 0.6 is 0 Å². The van der Waals surface area contributed by atoms with Crippen molar-refractivity contribution in [3.8, 4) is 0 Å². The first kappa shape index (κ1) is 12.5. The minimum Gasteiger partial charge on any atom is -0.423 e. The van der Waals surface area contributed by atoms with Crippen LogP contribution in [0.1, 0.15) is 32.1 Å². The summed E-state index contributed by atoms with van der Waals surface area (Å²) in [6.45, 7) is 0.729. The fraction of sp³-hybridized carbons (Fsp3) is 0.533. The van der Waals surface area contributed by atoms with E-state index < -0.39 is 0 Å². The molecule has 1 aliphatic rings. The Labute approximate surface area is 113 Å². The maximum Gasteiger partial charge on any atom is 0.298 e. The smallest absolute Gasteiger partial charge is 0.298 e. The average Bonchev–Trinajstić information content (AvgIpc) is 2.89. The third-order valence-corrected chi connectivity index (χ3v) is 3.88. The van der Waals surface area contributed by atoms with Gasteiger partial charge in [-0.2, -0.15) is 4.98 Å². The lowest BCUT2D eigenvalue weighted by molar-refractivity contribution is 0.285. The Morgan fingerprint density at radius 1 is 1.21 bits per heavy atom. The highest BCUT2D eigenvalue weighted by Crippen LogP contribution is 2.28. The predicted molar refractivity (Wildman–Crippen MR) is 75.3 cm³/mol. The third kappa shape index (κ3) is 2.59. The SMILES string of the molecule is OCCN(c1nc2ccccc2o1)C1CCCCC1. The average molecular weight is 260 g/mol. The van der Waals surface area contributed by atoms with E-state index in [1.54, 1.807) is 0 Å². The van der Waals surface area contributed by atoms with Crippen molar-refractivity contribution < 1.29 is 9.52 Å². The molecular formula is C15H20N2O2. The Morgan fingerprint density at radius 3 is 2.74 bits per heavy atom.